The summed E-state index contributed by atoms with van der Waals surface area (Å²) in [6.07, 6.45) is 3.14. The summed E-state index contributed by atoms with van der Waals surface area (Å²) in [7, 11) is 1.52. The van der Waals surface area contributed by atoms with Crippen LogP contribution in [-0.2, 0) is 5.54 Å². The van der Waals surface area contributed by atoms with Gasteiger partial charge >= 0.3 is 0 Å². The Morgan fingerprint density at radius 1 is 1.38 bits per heavy atom. The van der Waals surface area contributed by atoms with Crippen LogP contribution in [0.2, 0.25) is 0 Å². The van der Waals surface area contributed by atoms with E-state index in [1.54, 1.807) is 25.4 Å². The SMILES string of the molecule is COc1cncc(-c2nc([C@@](C)(N)CO)nc3sc(C(N)=O)c(N)c23)c1. The van der Waals surface area contributed by atoms with E-state index in [2.05, 4.69) is 15.0 Å². The van der Waals surface area contributed by atoms with Crippen molar-refractivity contribution < 1.29 is 14.6 Å². The first-order valence-corrected chi connectivity index (χ1v) is 8.39. The molecular weight excluding hydrogens is 356 g/mol. The van der Waals surface area contributed by atoms with Crippen molar-refractivity contribution in [2.75, 3.05) is 19.5 Å². The van der Waals surface area contributed by atoms with Crippen molar-refractivity contribution in [1.82, 2.24) is 15.0 Å². The Kier molecular flexibility index (Phi) is 4.48. The second-order valence-corrected chi connectivity index (χ2v) is 6.97. The molecule has 0 aliphatic carbocycles. The van der Waals surface area contributed by atoms with Crippen LogP contribution in [0.5, 0.6) is 5.75 Å². The van der Waals surface area contributed by atoms with Crippen LogP contribution < -0.4 is 21.9 Å². The minimum Gasteiger partial charge on any atom is -0.495 e. The molecule has 0 aromatic carbocycles. The first-order valence-electron chi connectivity index (χ1n) is 7.58. The van der Waals surface area contributed by atoms with E-state index < -0.39 is 11.4 Å². The lowest BCUT2D eigenvalue weighted by molar-refractivity contribution is 0.100. The molecule has 0 bridgehead atoms. The Hall–Kier alpha value is -2.82. The topological polar surface area (TPSA) is 163 Å². The number of thiophene rings is 1. The first-order chi connectivity index (χ1) is 12.3. The summed E-state index contributed by atoms with van der Waals surface area (Å²) in [6.45, 7) is 1.24. The monoisotopic (exact) mass is 374 g/mol. The highest BCUT2D eigenvalue weighted by atomic mass is 32.1. The maximum atomic E-state index is 11.7. The van der Waals surface area contributed by atoms with Crippen LogP contribution in [-0.4, -0.2) is 39.7 Å². The molecule has 0 spiro atoms. The molecule has 3 aromatic heterocycles. The average Bonchev–Trinajstić information content (AvgIpc) is 2.98. The van der Waals surface area contributed by atoms with Crippen LogP contribution in [0, 0.1) is 0 Å². The highest BCUT2D eigenvalue weighted by Gasteiger charge is 2.28. The van der Waals surface area contributed by atoms with Crippen LogP contribution in [0.4, 0.5) is 5.69 Å². The minimum atomic E-state index is -1.18. The molecule has 136 valence electrons. The molecule has 3 heterocycles. The van der Waals surface area contributed by atoms with E-state index in [-0.39, 0.29) is 23.0 Å². The Labute approximate surface area is 152 Å². The number of aliphatic hydroxyl groups excluding tert-OH is 1. The molecule has 0 saturated carbocycles. The van der Waals surface area contributed by atoms with Gasteiger partial charge in [0.25, 0.3) is 5.91 Å². The number of aromatic nitrogens is 3. The van der Waals surface area contributed by atoms with Crippen LogP contribution in [0.15, 0.2) is 18.5 Å². The normalized spacial score (nSPS) is 13.5. The lowest BCUT2D eigenvalue weighted by Crippen LogP contribution is -2.39. The molecule has 26 heavy (non-hydrogen) atoms. The number of hydrogen-bond donors (Lipinski definition) is 4. The van der Waals surface area contributed by atoms with Gasteiger partial charge in [-0.15, -0.1) is 11.3 Å². The summed E-state index contributed by atoms with van der Waals surface area (Å²) >= 11 is 1.05. The number of pyridine rings is 1. The molecule has 7 N–H and O–H groups in total. The van der Waals surface area contributed by atoms with Gasteiger partial charge in [0, 0.05) is 11.8 Å². The Morgan fingerprint density at radius 2 is 2.12 bits per heavy atom. The molecule has 1 atom stereocenters. The molecule has 0 radical (unpaired) electrons. The molecule has 3 aromatic rings. The molecule has 10 heteroatoms. The van der Waals surface area contributed by atoms with Crippen LogP contribution >= 0.6 is 11.3 Å². The summed E-state index contributed by atoms with van der Waals surface area (Å²) in [5.74, 6) is 0.0828. The molecule has 0 fully saturated rings. The number of aliphatic hydroxyl groups is 1. The Balaban J connectivity index is 2.39. The van der Waals surface area contributed by atoms with E-state index in [0.717, 1.165) is 11.3 Å². The molecule has 0 saturated heterocycles. The minimum absolute atomic E-state index is 0.186. The number of carbonyl (C=O) groups excluding carboxylic acids is 1. The largest absolute Gasteiger partial charge is 0.495 e. The number of nitrogens with two attached hydrogens (primary N) is 3. The third kappa shape index (κ3) is 2.94. The van der Waals surface area contributed by atoms with Gasteiger partial charge in [-0.2, -0.15) is 0 Å². The van der Waals surface area contributed by atoms with Gasteiger partial charge in [0.15, 0.2) is 5.82 Å². The predicted molar refractivity (Wildman–Crippen MR) is 98.8 cm³/mol. The van der Waals surface area contributed by atoms with E-state index >= 15 is 0 Å². The van der Waals surface area contributed by atoms with Crippen molar-refractivity contribution in [1.29, 1.82) is 0 Å². The summed E-state index contributed by atoms with van der Waals surface area (Å²) in [4.78, 5) is 25.3. The van der Waals surface area contributed by atoms with E-state index in [0.29, 0.717) is 27.2 Å². The van der Waals surface area contributed by atoms with Crippen molar-refractivity contribution >= 4 is 33.1 Å². The van der Waals surface area contributed by atoms with E-state index in [1.807, 2.05) is 0 Å². The van der Waals surface area contributed by atoms with Crippen molar-refractivity contribution in [2.45, 2.75) is 12.5 Å². The van der Waals surface area contributed by atoms with Crippen LogP contribution in [0.1, 0.15) is 22.4 Å². The molecule has 0 unspecified atom stereocenters. The average molecular weight is 374 g/mol. The highest BCUT2D eigenvalue weighted by Crippen LogP contribution is 2.39. The lowest BCUT2D eigenvalue weighted by Gasteiger charge is -2.20. The van der Waals surface area contributed by atoms with Gasteiger partial charge in [-0.3, -0.25) is 9.78 Å². The number of fused-ring (bicyclic) bond motifs is 1. The highest BCUT2D eigenvalue weighted by molar-refractivity contribution is 7.21. The van der Waals surface area contributed by atoms with Gasteiger partial charge in [-0.25, -0.2) is 9.97 Å². The molecular formula is C16H18N6O3S. The van der Waals surface area contributed by atoms with E-state index in [4.69, 9.17) is 21.9 Å². The number of hydrogen-bond acceptors (Lipinski definition) is 9. The fourth-order valence-corrected chi connectivity index (χ4v) is 3.35. The zero-order valence-corrected chi connectivity index (χ0v) is 15.0. The van der Waals surface area contributed by atoms with Crippen molar-refractivity contribution in [3.63, 3.8) is 0 Å². The van der Waals surface area contributed by atoms with Crippen LogP contribution in [0.25, 0.3) is 21.5 Å². The second-order valence-electron chi connectivity index (χ2n) is 5.97. The van der Waals surface area contributed by atoms with Gasteiger partial charge in [-0.05, 0) is 13.0 Å². The van der Waals surface area contributed by atoms with Gasteiger partial charge in [0.05, 0.1) is 42.2 Å². The van der Waals surface area contributed by atoms with E-state index in [1.165, 1.54) is 7.11 Å². The Bertz CT molecular complexity index is 1000. The molecule has 3 rings (SSSR count). The molecule has 0 aliphatic heterocycles. The van der Waals surface area contributed by atoms with Gasteiger partial charge in [0.1, 0.15) is 15.5 Å². The summed E-state index contributed by atoms with van der Waals surface area (Å²) in [5, 5.41) is 10.1. The number of nitrogen functional groups attached to an aromatic ring is 1. The number of nitrogens with zero attached hydrogens (tertiary/aromatic N) is 3. The fraction of sp³-hybridized carbons (Fsp3) is 0.250. The number of methoxy groups -OCH3 is 1. The maximum Gasteiger partial charge on any atom is 0.260 e. The van der Waals surface area contributed by atoms with Gasteiger partial charge < -0.3 is 27.0 Å². The molecule has 9 nitrogen and oxygen atoms in total. The van der Waals surface area contributed by atoms with Crippen molar-refractivity contribution in [3.05, 3.63) is 29.2 Å². The van der Waals surface area contributed by atoms with Gasteiger partial charge in [0.2, 0.25) is 0 Å². The second kappa shape index (κ2) is 6.48. The summed E-state index contributed by atoms with van der Waals surface area (Å²) in [5.41, 5.74) is 17.7. The third-order valence-electron chi connectivity index (χ3n) is 3.87. The van der Waals surface area contributed by atoms with Crippen LogP contribution in [0.3, 0.4) is 0 Å². The number of anilines is 1. The summed E-state index contributed by atoms with van der Waals surface area (Å²) < 4.78 is 5.21. The summed E-state index contributed by atoms with van der Waals surface area (Å²) in [6, 6.07) is 1.73. The lowest BCUT2D eigenvalue weighted by atomic mass is 10.0. The zero-order valence-electron chi connectivity index (χ0n) is 14.2. The molecule has 1 amide bonds. The van der Waals surface area contributed by atoms with Crippen molar-refractivity contribution in [2.24, 2.45) is 11.5 Å². The number of ether oxygens (including phenoxy) is 1. The van der Waals surface area contributed by atoms with Gasteiger partial charge in [-0.1, -0.05) is 0 Å². The number of amides is 1. The quantitative estimate of drug-likeness (QED) is 0.504. The maximum absolute atomic E-state index is 11.7. The third-order valence-corrected chi connectivity index (χ3v) is 4.99. The molecule has 0 aliphatic rings. The van der Waals surface area contributed by atoms with Crippen molar-refractivity contribution in [3.8, 4) is 17.0 Å². The van der Waals surface area contributed by atoms with E-state index in [9.17, 15) is 9.90 Å². The number of primary amides is 1. The fourth-order valence-electron chi connectivity index (χ4n) is 2.40. The predicted octanol–water partition coefficient (Wildman–Crippen LogP) is 0.609. The first kappa shape index (κ1) is 18.0. The number of rotatable bonds is 5. The standard InChI is InChI=1S/C16H18N6O3S/c1-16(19,6-23)15-21-11(7-3-8(25-2)5-20-4-7)9-10(17)12(13(18)24)26-14(9)22-15/h3-5,23H,6,17,19H2,1-2H3,(H2,18,24)/t16-/m0/s1. The zero-order chi connectivity index (χ0) is 19.1. The smallest absolute Gasteiger partial charge is 0.260 e. The number of carbonyl (C=O) groups is 1. The Morgan fingerprint density at radius 3 is 2.73 bits per heavy atom.